The van der Waals surface area contributed by atoms with Gasteiger partial charge in [0.25, 0.3) is 0 Å². The van der Waals surface area contributed by atoms with E-state index in [-0.39, 0.29) is 0 Å². The fourth-order valence-electron chi connectivity index (χ4n) is 4.72. The van der Waals surface area contributed by atoms with Crippen molar-refractivity contribution in [2.75, 3.05) is 0 Å². The van der Waals surface area contributed by atoms with Crippen molar-refractivity contribution in [2.45, 2.75) is 108 Å². The summed E-state index contributed by atoms with van der Waals surface area (Å²) in [5, 5.41) is 0. The maximum absolute atomic E-state index is 4.07. The molecule has 0 aliphatic carbocycles. The van der Waals surface area contributed by atoms with Gasteiger partial charge in [-0.15, -0.1) is 0 Å². The molecule has 0 saturated carbocycles. The van der Waals surface area contributed by atoms with Crippen LogP contribution in [-0.2, 0) is 0 Å². The number of rotatable bonds is 19. The summed E-state index contributed by atoms with van der Waals surface area (Å²) in [6.07, 6.45) is 16.7. The van der Waals surface area contributed by atoms with Crippen molar-refractivity contribution in [1.82, 2.24) is 0 Å². The molecule has 0 unspecified atom stereocenters. The van der Waals surface area contributed by atoms with Crippen LogP contribution in [0.15, 0.2) is 38.0 Å². The van der Waals surface area contributed by atoms with Gasteiger partial charge in [0.05, 0.1) is 0 Å². The van der Waals surface area contributed by atoms with E-state index in [4.69, 9.17) is 0 Å². The molecule has 0 fully saturated rings. The van der Waals surface area contributed by atoms with E-state index in [1.807, 2.05) is 0 Å². The van der Waals surface area contributed by atoms with Crippen LogP contribution in [0.5, 0.6) is 0 Å². The molecule has 0 atom stereocenters. The second kappa shape index (κ2) is 16.2. The van der Waals surface area contributed by atoms with Crippen LogP contribution in [0, 0.1) is 0 Å². The Labute approximate surface area is 171 Å². The van der Waals surface area contributed by atoms with Gasteiger partial charge in [-0.1, -0.05) is 0 Å². The van der Waals surface area contributed by atoms with Gasteiger partial charge in [0.1, 0.15) is 0 Å². The van der Waals surface area contributed by atoms with Gasteiger partial charge in [-0.05, 0) is 0 Å². The molecule has 0 aliphatic heterocycles. The molecule has 0 rings (SSSR count). The van der Waals surface area contributed by atoms with E-state index < -0.39 is 26.5 Å². The molecule has 0 N–H and O–H groups in total. The second-order valence-corrected chi connectivity index (χ2v) is 27.6. The molecular weight excluding hydrogens is 435 g/mol. The quantitative estimate of drug-likeness (QED) is 0.127. The summed E-state index contributed by atoms with van der Waals surface area (Å²) in [4.78, 5) is 0. The van der Waals surface area contributed by atoms with Crippen LogP contribution < -0.4 is 0 Å². The fraction of sp³-hybridized carbons (Fsp3) is 0.750. The number of hydrogen-bond donors (Lipinski definition) is 0. The Morgan fingerprint density at radius 2 is 0.962 bits per heavy atom. The molecule has 0 aliphatic rings. The summed E-state index contributed by atoms with van der Waals surface area (Å²) in [5.41, 5.74) is 0. The van der Waals surface area contributed by atoms with Gasteiger partial charge in [0.2, 0.25) is 0 Å². The SMILES string of the molecule is C=CC[Si](CC=C)(CC=C)CC[CH2][Sn]([CH2]CCC)([CH2]CCC)[CH2]CCC. The van der Waals surface area contributed by atoms with E-state index in [1.165, 1.54) is 69.1 Å². The fourth-order valence-corrected chi connectivity index (χ4v) is 26.0. The predicted molar refractivity (Wildman–Crippen MR) is 130 cm³/mol. The van der Waals surface area contributed by atoms with Gasteiger partial charge in [-0.2, -0.15) is 0 Å². The molecule has 0 aromatic heterocycles. The van der Waals surface area contributed by atoms with Gasteiger partial charge in [0.15, 0.2) is 0 Å². The first-order chi connectivity index (χ1) is 12.6. The third-order valence-corrected chi connectivity index (χ3v) is 27.4. The van der Waals surface area contributed by atoms with Crippen molar-refractivity contribution in [3.8, 4) is 0 Å². The number of allylic oxidation sites excluding steroid dienone is 3. The van der Waals surface area contributed by atoms with Crippen LogP contribution in [0.4, 0.5) is 0 Å². The van der Waals surface area contributed by atoms with Gasteiger partial charge in [0, 0.05) is 0 Å². The Kier molecular flexibility index (Phi) is 16.4. The second-order valence-electron chi connectivity index (χ2n) is 8.64. The Morgan fingerprint density at radius 1 is 0.615 bits per heavy atom. The summed E-state index contributed by atoms with van der Waals surface area (Å²) in [6.45, 7) is 19.3. The van der Waals surface area contributed by atoms with Crippen molar-refractivity contribution in [3.63, 3.8) is 0 Å². The minimum absolute atomic E-state index is 1.24. The standard InChI is InChI=1S/C12H21Si.3C4H9.Sn/c1-5-9-13(10-6-2,11-7-3)12-8-4;3*1-3-4-2;/h5-7H,1-4,8-12H2;3*1,3-4H2,2H3;. The summed E-state index contributed by atoms with van der Waals surface area (Å²) in [5.74, 6) is 0. The summed E-state index contributed by atoms with van der Waals surface area (Å²) in [7, 11) is -1.31. The molecule has 0 spiro atoms. The summed E-state index contributed by atoms with van der Waals surface area (Å²) >= 11 is -1.95. The van der Waals surface area contributed by atoms with Crippen molar-refractivity contribution in [1.29, 1.82) is 0 Å². The zero-order valence-electron chi connectivity index (χ0n) is 18.5. The van der Waals surface area contributed by atoms with Crippen LogP contribution in [0.2, 0.25) is 41.9 Å². The third kappa shape index (κ3) is 10.5. The zero-order chi connectivity index (χ0) is 19.7. The topological polar surface area (TPSA) is 0 Å². The first kappa shape index (κ1) is 26.2. The van der Waals surface area contributed by atoms with Crippen molar-refractivity contribution < 1.29 is 0 Å². The molecule has 0 amide bonds. The van der Waals surface area contributed by atoms with Crippen LogP contribution >= 0.6 is 0 Å². The molecule has 0 bridgehead atoms. The average molecular weight is 483 g/mol. The molecule has 152 valence electrons. The van der Waals surface area contributed by atoms with Crippen molar-refractivity contribution >= 4 is 26.5 Å². The molecule has 2 heteroatoms. The van der Waals surface area contributed by atoms with Gasteiger partial charge < -0.3 is 0 Å². The zero-order valence-corrected chi connectivity index (χ0v) is 22.3. The Hall–Kier alpha value is 0.236. The molecule has 26 heavy (non-hydrogen) atoms. The van der Waals surface area contributed by atoms with Gasteiger partial charge >= 0.3 is 172 Å². The van der Waals surface area contributed by atoms with E-state index >= 15 is 0 Å². The number of hydrogen-bond acceptors (Lipinski definition) is 0. The summed E-state index contributed by atoms with van der Waals surface area (Å²) < 4.78 is 6.62. The first-order valence-corrected chi connectivity index (χ1v) is 22.3. The summed E-state index contributed by atoms with van der Waals surface area (Å²) in [6, 6.07) is 5.20. The third-order valence-electron chi connectivity index (χ3n) is 6.33. The average Bonchev–Trinajstić information content (AvgIpc) is 2.63. The predicted octanol–water partition coefficient (Wildman–Crippen LogP) is 9.23. The minimum atomic E-state index is -1.95. The van der Waals surface area contributed by atoms with E-state index in [1.54, 1.807) is 17.7 Å². The van der Waals surface area contributed by atoms with E-state index in [2.05, 4.69) is 58.7 Å². The van der Waals surface area contributed by atoms with Crippen LogP contribution in [-0.4, -0.2) is 26.5 Å². The van der Waals surface area contributed by atoms with E-state index in [9.17, 15) is 0 Å². The molecular formula is C24H48SiSn. The Balaban J connectivity index is 5.10. The number of unbranched alkanes of at least 4 members (excludes halogenated alkanes) is 3. The molecule has 0 heterocycles. The molecule has 0 saturated heterocycles. The first-order valence-electron chi connectivity index (χ1n) is 11.4. The molecule has 0 nitrogen and oxygen atoms in total. The monoisotopic (exact) mass is 484 g/mol. The maximum atomic E-state index is 4.07. The van der Waals surface area contributed by atoms with Crippen LogP contribution in [0.25, 0.3) is 0 Å². The van der Waals surface area contributed by atoms with Crippen LogP contribution in [0.3, 0.4) is 0 Å². The van der Waals surface area contributed by atoms with Crippen molar-refractivity contribution in [2.24, 2.45) is 0 Å². The van der Waals surface area contributed by atoms with Crippen LogP contribution in [0.1, 0.15) is 65.7 Å². The van der Waals surface area contributed by atoms with E-state index in [0.717, 1.165) is 0 Å². The van der Waals surface area contributed by atoms with E-state index in [0.29, 0.717) is 0 Å². The normalized spacial score (nSPS) is 12.1. The molecule has 0 aromatic carbocycles. The molecule has 0 aromatic rings. The van der Waals surface area contributed by atoms with Crippen molar-refractivity contribution in [3.05, 3.63) is 38.0 Å². The van der Waals surface area contributed by atoms with Gasteiger partial charge in [-0.3, -0.25) is 0 Å². The Bertz CT molecular complexity index is 326. The Morgan fingerprint density at radius 3 is 1.27 bits per heavy atom. The van der Waals surface area contributed by atoms with Gasteiger partial charge in [-0.25, -0.2) is 0 Å². The molecule has 0 radical (unpaired) electrons.